The summed E-state index contributed by atoms with van der Waals surface area (Å²) in [6, 6.07) is 9.37. The van der Waals surface area contributed by atoms with Crippen LogP contribution in [0.4, 0.5) is 11.6 Å². The predicted molar refractivity (Wildman–Crippen MR) is 78.8 cm³/mol. The fraction of sp³-hybridized carbons (Fsp3) is 0.267. The zero-order valence-corrected chi connectivity index (χ0v) is 11.7. The molecule has 1 saturated carbocycles. The summed E-state index contributed by atoms with van der Waals surface area (Å²) in [7, 11) is 1.60. The number of carbonyl (C=O) groups excluding carboxylic acids is 1. The van der Waals surface area contributed by atoms with E-state index in [0.717, 1.165) is 18.5 Å². The van der Waals surface area contributed by atoms with E-state index in [1.54, 1.807) is 19.4 Å². The maximum atomic E-state index is 12.0. The van der Waals surface area contributed by atoms with E-state index in [1.807, 2.05) is 24.3 Å². The number of carbonyl (C=O) groups is 1. The van der Waals surface area contributed by atoms with E-state index in [0.29, 0.717) is 23.4 Å². The highest BCUT2D eigenvalue weighted by Gasteiger charge is 2.24. The number of nitrogens with zero attached hydrogens (tertiary/aromatic N) is 2. The molecule has 0 bridgehead atoms. The highest BCUT2D eigenvalue weighted by atomic mass is 16.5. The molecule has 1 aromatic heterocycles. The number of rotatable bonds is 5. The molecule has 3 rings (SSSR count). The van der Waals surface area contributed by atoms with Gasteiger partial charge in [-0.15, -0.1) is 0 Å². The SMILES string of the molecule is COc1ccccc1Nc1nccc(C(=O)NC2CC2)n1. The van der Waals surface area contributed by atoms with Gasteiger partial charge in [-0.2, -0.15) is 0 Å². The van der Waals surface area contributed by atoms with Gasteiger partial charge in [0, 0.05) is 12.2 Å². The number of aromatic nitrogens is 2. The molecule has 6 heteroatoms. The molecule has 0 unspecified atom stereocenters. The van der Waals surface area contributed by atoms with Crippen molar-refractivity contribution in [2.75, 3.05) is 12.4 Å². The molecule has 1 aliphatic carbocycles. The molecule has 2 N–H and O–H groups in total. The third-order valence-electron chi connectivity index (χ3n) is 3.15. The van der Waals surface area contributed by atoms with Crippen molar-refractivity contribution in [3.63, 3.8) is 0 Å². The Kier molecular flexibility index (Phi) is 3.68. The smallest absolute Gasteiger partial charge is 0.270 e. The summed E-state index contributed by atoms with van der Waals surface area (Å²) < 4.78 is 5.26. The number of nitrogens with one attached hydrogen (secondary N) is 2. The molecule has 0 atom stereocenters. The Morgan fingerprint density at radius 1 is 1.29 bits per heavy atom. The number of anilines is 2. The number of hydrogen-bond donors (Lipinski definition) is 2. The van der Waals surface area contributed by atoms with E-state index in [9.17, 15) is 4.79 Å². The summed E-state index contributed by atoms with van der Waals surface area (Å²) in [6.45, 7) is 0. The standard InChI is InChI=1S/C15H16N4O2/c1-21-13-5-3-2-4-11(13)18-15-16-9-8-12(19-15)14(20)17-10-6-7-10/h2-5,8-10H,6-7H2,1H3,(H,17,20)(H,16,18,19). The molecule has 0 aliphatic heterocycles. The molecular formula is C15H16N4O2. The van der Waals surface area contributed by atoms with Crippen LogP contribution in [0.2, 0.25) is 0 Å². The second-order valence-electron chi connectivity index (χ2n) is 4.84. The van der Waals surface area contributed by atoms with E-state index in [1.165, 1.54) is 0 Å². The Labute approximate surface area is 122 Å². The number of benzene rings is 1. The number of ether oxygens (including phenoxy) is 1. The number of amides is 1. The van der Waals surface area contributed by atoms with Gasteiger partial charge in [0.1, 0.15) is 11.4 Å². The molecule has 108 valence electrons. The zero-order chi connectivity index (χ0) is 14.7. The van der Waals surface area contributed by atoms with E-state index < -0.39 is 0 Å². The molecular weight excluding hydrogens is 268 g/mol. The van der Waals surface area contributed by atoms with E-state index >= 15 is 0 Å². The van der Waals surface area contributed by atoms with E-state index in [-0.39, 0.29) is 5.91 Å². The van der Waals surface area contributed by atoms with Gasteiger partial charge in [0.15, 0.2) is 0 Å². The monoisotopic (exact) mass is 284 g/mol. The van der Waals surface area contributed by atoms with Crippen molar-refractivity contribution in [1.29, 1.82) is 0 Å². The Balaban J connectivity index is 1.77. The maximum absolute atomic E-state index is 12.0. The summed E-state index contributed by atoms with van der Waals surface area (Å²) in [5.74, 6) is 0.889. The summed E-state index contributed by atoms with van der Waals surface area (Å²) in [5.41, 5.74) is 1.11. The van der Waals surface area contributed by atoms with Gasteiger partial charge >= 0.3 is 0 Å². The van der Waals surface area contributed by atoms with Gasteiger partial charge in [-0.25, -0.2) is 9.97 Å². The van der Waals surface area contributed by atoms with Gasteiger partial charge in [0.05, 0.1) is 12.8 Å². The number of methoxy groups -OCH3 is 1. The van der Waals surface area contributed by atoms with Gasteiger partial charge in [0.25, 0.3) is 5.91 Å². The summed E-state index contributed by atoms with van der Waals surface area (Å²) in [4.78, 5) is 20.3. The lowest BCUT2D eigenvalue weighted by Gasteiger charge is -2.10. The Bertz CT molecular complexity index is 656. The maximum Gasteiger partial charge on any atom is 0.270 e. The van der Waals surface area contributed by atoms with Crippen LogP contribution in [-0.4, -0.2) is 29.0 Å². The van der Waals surface area contributed by atoms with Crippen LogP contribution in [0.1, 0.15) is 23.3 Å². The van der Waals surface area contributed by atoms with Gasteiger partial charge in [0.2, 0.25) is 5.95 Å². The van der Waals surface area contributed by atoms with Gasteiger partial charge in [-0.1, -0.05) is 12.1 Å². The van der Waals surface area contributed by atoms with Crippen LogP contribution < -0.4 is 15.4 Å². The van der Waals surface area contributed by atoms with Crippen molar-refractivity contribution in [3.05, 3.63) is 42.2 Å². The lowest BCUT2D eigenvalue weighted by Crippen LogP contribution is -2.26. The molecule has 1 fully saturated rings. The van der Waals surface area contributed by atoms with Crippen LogP contribution in [-0.2, 0) is 0 Å². The van der Waals surface area contributed by atoms with Crippen molar-refractivity contribution in [2.45, 2.75) is 18.9 Å². The number of para-hydroxylation sites is 2. The predicted octanol–water partition coefficient (Wildman–Crippen LogP) is 2.12. The van der Waals surface area contributed by atoms with Crippen LogP contribution in [0.3, 0.4) is 0 Å². The molecule has 0 saturated heterocycles. The topological polar surface area (TPSA) is 76.1 Å². The highest BCUT2D eigenvalue weighted by molar-refractivity contribution is 5.92. The normalized spacial score (nSPS) is 13.6. The minimum atomic E-state index is -0.164. The molecule has 1 amide bonds. The van der Waals surface area contributed by atoms with Crippen LogP contribution in [0.15, 0.2) is 36.5 Å². The van der Waals surface area contributed by atoms with Crippen LogP contribution in [0.5, 0.6) is 5.75 Å². The molecule has 21 heavy (non-hydrogen) atoms. The second kappa shape index (κ2) is 5.78. The Morgan fingerprint density at radius 2 is 2.10 bits per heavy atom. The quantitative estimate of drug-likeness (QED) is 0.879. The second-order valence-corrected chi connectivity index (χ2v) is 4.84. The molecule has 1 heterocycles. The lowest BCUT2D eigenvalue weighted by molar-refractivity contribution is 0.0946. The van der Waals surface area contributed by atoms with Gasteiger partial charge < -0.3 is 15.4 Å². The van der Waals surface area contributed by atoms with Crippen molar-refractivity contribution in [2.24, 2.45) is 0 Å². The zero-order valence-electron chi connectivity index (χ0n) is 11.7. The minimum Gasteiger partial charge on any atom is -0.495 e. The first kappa shape index (κ1) is 13.4. The van der Waals surface area contributed by atoms with Crippen LogP contribution >= 0.6 is 0 Å². The Morgan fingerprint density at radius 3 is 2.86 bits per heavy atom. The van der Waals surface area contributed by atoms with Crippen molar-refractivity contribution < 1.29 is 9.53 Å². The van der Waals surface area contributed by atoms with E-state index in [2.05, 4.69) is 20.6 Å². The average molecular weight is 284 g/mol. The van der Waals surface area contributed by atoms with E-state index in [4.69, 9.17) is 4.74 Å². The first-order valence-electron chi connectivity index (χ1n) is 6.80. The largest absolute Gasteiger partial charge is 0.495 e. The summed E-state index contributed by atoms with van der Waals surface area (Å²) in [6.07, 6.45) is 3.65. The Hall–Kier alpha value is -2.63. The molecule has 0 spiro atoms. The summed E-state index contributed by atoms with van der Waals surface area (Å²) >= 11 is 0. The molecule has 2 aromatic rings. The molecule has 0 radical (unpaired) electrons. The molecule has 1 aliphatic rings. The summed E-state index contributed by atoms with van der Waals surface area (Å²) in [5, 5.41) is 5.96. The average Bonchev–Trinajstić information content (AvgIpc) is 3.32. The fourth-order valence-corrected chi connectivity index (χ4v) is 1.90. The lowest BCUT2D eigenvalue weighted by atomic mass is 10.3. The molecule has 6 nitrogen and oxygen atoms in total. The van der Waals surface area contributed by atoms with Crippen molar-refractivity contribution in [3.8, 4) is 5.75 Å². The van der Waals surface area contributed by atoms with Gasteiger partial charge in [-0.05, 0) is 31.0 Å². The highest BCUT2D eigenvalue weighted by Crippen LogP contribution is 2.25. The minimum absolute atomic E-state index is 0.164. The fourth-order valence-electron chi connectivity index (χ4n) is 1.90. The molecule has 1 aromatic carbocycles. The van der Waals surface area contributed by atoms with Crippen molar-refractivity contribution in [1.82, 2.24) is 15.3 Å². The van der Waals surface area contributed by atoms with Crippen molar-refractivity contribution >= 4 is 17.5 Å². The first-order chi connectivity index (χ1) is 10.3. The van der Waals surface area contributed by atoms with Gasteiger partial charge in [-0.3, -0.25) is 4.79 Å². The van der Waals surface area contributed by atoms with Crippen LogP contribution in [0.25, 0.3) is 0 Å². The van der Waals surface area contributed by atoms with Crippen LogP contribution in [0, 0.1) is 0 Å². The first-order valence-corrected chi connectivity index (χ1v) is 6.80. The third-order valence-corrected chi connectivity index (χ3v) is 3.15. The third kappa shape index (κ3) is 3.28. The number of hydrogen-bond acceptors (Lipinski definition) is 5.